The molecule has 0 radical (unpaired) electrons. The Balaban J connectivity index is 2.25. The quantitative estimate of drug-likeness (QED) is 0.726. The molecule has 1 aromatic carbocycles. The summed E-state index contributed by atoms with van der Waals surface area (Å²) in [7, 11) is 0. The molecule has 0 amide bonds. The maximum absolute atomic E-state index is 4.58. The molecule has 0 N–H and O–H groups in total. The molecular formula is C16H20N2. The lowest BCUT2D eigenvalue weighted by Crippen LogP contribution is -2.20. The number of fused-ring (bicyclic) bond motifs is 1. The minimum absolute atomic E-state index is 0.188. The Bertz CT molecular complexity index is 565. The maximum Gasteiger partial charge on any atom is 0.0815 e. The van der Waals surface area contributed by atoms with Crippen LogP contribution in [0.1, 0.15) is 33.4 Å². The molecule has 0 saturated heterocycles. The van der Waals surface area contributed by atoms with Crippen molar-refractivity contribution >= 4 is 17.1 Å². The number of hydrogen-bond donors (Lipinski definition) is 0. The number of rotatable bonds is 2. The van der Waals surface area contributed by atoms with Crippen LogP contribution >= 0.6 is 0 Å². The Labute approximate surface area is 109 Å². The van der Waals surface area contributed by atoms with E-state index < -0.39 is 0 Å². The van der Waals surface area contributed by atoms with Gasteiger partial charge in [-0.3, -0.25) is 4.99 Å². The van der Waals surface area contributed by atoms with Gasteiger partial charge in [-0.1, -0.05) is 45.0 Å². The van der Waals surface area contributed by atoms with Crippen molar-refractivity contribution in [3.8, 4) is 0 Å². The third kappa shape index (κ3) is 2.95. The van der Waals surface area contributed by atoms with Crippen molar-refractivity contribution < 1.29 is 0 Å². The Kier molecular flexibility index (Phi) is 3.46. The van der Waals surface area contributed by atoms with Gasteiger partial charge in [0.15, 0.2) is 0 Å². The van der Waals surface area contributed by atoms with E-state index in [1.54, 1.807) is 0 Å². The van der Waals surface area contributed by atoms with E-state index in [2.05, 4.69) is 49.8 Å². The third-order valence-electron chi connectivity index (χ3n) is 3.30. The zero-order valence-corrected chi connectivity index (χ0v) is 11.5. The molecule has 2 rings (SSSR count). The van der Waals surface area contributed by atoms with Crippen molar-refractivity contribution in [1.82, 2.24) is 4.98 Å². The highest BCUT2D eigenvalue weighted by molar-refractivity contribution is 5.85. The SMILES string of the molecule is C[C@H](N=Cc1ccc2ccccc2n1)C(C)(C)C. The molecular weight excluding hydrogens is 220 g/mol. The first-order valence-electron chi connectivity index (χ1n) is 6.36. The highest BCUT2D eigenvalue weighted by Crippen LogP contribution is 2.21. The molecule has 18 heavy (non-hydrogen) atoms. The van der Waals surface area contributed by atoms with Gasteiger partial charge in [0.05, 0.1) is 17.3 Å². The smallest absolute Gasteiger partial charge is 0.0815 e. The second-order valence-electron chi connectivity index (χ2n) is 5.75. The largest absolute Gasteiger partial charge is 0.287 e. The van der Waals surface area contributed by atoms with Gasteiger partial charge >= 0.3 is 0 Å². The van der Waals surface area contributed by atoms with E-state index >= 15 is 0 Å². The molecule has 0 fully saturated rings. The monoisotopic (exact) mass is 240 g/mol. The lowest BCUT2D eigenvalue weighted by atomic mass is 9.88. The van der Waals surface area contributed by atoms with Crippen LogP contribution in [0.4, 0.5) is 0 Å². The first kappa shape index (κ1) is 12.7. The minimum atomic E-state index is 0.188. The van der Waals surface area contributed by atoms with E-state index in [1.165, 1.54) is 5.39 Å². The molecule has 1 heterocycles. The molecule has 0 aliphatic carbocycles. The van der Waals surface area contributed by atoms with Crippen molar-refractivity contribution in [2.75, 3.05) is 0 Å². The van der Waals surface area contributed by atoms with Crippen LogP contribution in [0, 0.1) is 5.41 Å². The van der Waals surface area contributed by atoms with Crippen LogP contribution in [0.5, 0.6) is 0 Å². The molecule has 0 unspecified atom stereocenters. The van der Waals surface area contributed by atoms with Crippen LogP contribution in [-0.2, 0) is 0 Å². The van der Waals surface area contributed by atoms with E-state index in [1.807, 2.05) is 30.5 Å². The number of pyridine rings is 1. The fraction of sp³-hybridized carbons (Fsp3) is 0.375. The average molecular weight is 240 g/mol. The Morgan fingerprint density at radius 2 is 1.83 bits per heavy atom. The highest BCUT2D eigenvalue weighted by Gasteiger charge is 2.18. The normalized spacial score (nSPS) is 14.2. The summed E-state index contributed by atoms with van der Waals surface area (Å²) in [5.74, 6) is 0. The molecule has 2 heteroatoms. The second-order valence-corrected chi connectivity index (χ2v) is 5.75. The zero-order chi connectivity index (χ0) is 13.2. The van der Waals surface area contributed by atoms with Crippen LogP contribution in [0.3, 0.4) is 0 Å². The molecule has 0 saturated carbocycles. The molecule has 94 valence electrons. The minimum Gasteiger partial charge on any atom is -0.287 e. The molecule has 1 atom stereocenters. The van der Waals surface area contributed by atoms with Crippen LogP contribution in [0.2, 0.25) is 0 Å². The summed E-state index contributed by atoms with van der Waals surface area (Å²) < 4.78 is 0. The summed E-state index contributed by atoms with van der Waals surface area (Å²) in [5.41, 5.74) is 2.13. The standard InChI is InChI=1S/C16H20N2/c1-12(16(2,3)4)17-11-14-10-9-13-7-5-6-8-15(13)18-14/h5-12H,1-4H3/t12-/m0/s1. The summed E-state index contributed by atoms with van der Waals surface area (Å²) in [4.78, 5) is 9.16. The van der Waals surface area contributed by atoms with Gasteiger partial charge in [-0.25, -0.2) is 4.98 Å². The summed E-state index contributed by atoms with van der Waals surface area (Å²) >= 11 is 0. The van der Waals surface area contributed by atoms with Crippen molar-refractivity contribution in [2.24, 2.45) is 10.4 Å². The summed E-state index contributed by atoms with van der Waals surface area (Å²) in [5, 5.41) is 1.17. The number of nitrogens with zero attached hydrogens (tertiary/aromatic N) is 2. The number of para-hydroxylation sites is 1. The summed E-state index contributed by atoms with van der Waals surface area (Å²) in [6, 6.07) is 12.5. The van der Waals surface area contributed by atoms with Crippen molar-refractivity contribution in [2.45, 2.75) is 33.7 Å². The van der Waals surface area contributed by atoms with E-state index in [9.17, 15) is 0 Å². The molecule has 0 aliphatic rings. The Morgan fingerprint density at radius 1 is 1.11 bits per heavy atom. The second kappa shape index (κ2) is 4.89. The van der Waals surface area contributed by atoms with Gasteiger partial charge < -0.3 is 0 Å². The van der Waals surface area contributed by atoms with Gasteiger partial charge in [0.25, 0.3) is 0 Å². The number of hydrogen-bond acceptors (Lipinski definition) is 2. The van der Waals surface area contributed by atoms with Crippen molar-refractivity contribution in [3.05, 3.63) is 42.1 Å². The van der Waals surface area contributed by atoms with E-state index in [0.29, 0.717) is 0 Å². The van der Waals surface area contributed by atoms with Crippen molar-refractivity contribution in [3.63, 3.8) is 0 Å². The van der Waals surface area contributed by atoms with Gasteiger partial charge in [0.1, 0.15) is 0 Å². The maximum atomic E-state index is 4.58. The fourth-order valence-corrected chi connectivity index (χ4v) is 1.57. The van der Waals surface area contributed by atoms with Gasteiger partial charge in [-0.2, -0.15) is 0 Å². The molecule has 2 aromatic rings. The lowest BCUT2D eigenvalue weighted by Gasteiger charge is -2.23. The first-order chi connectivity index (χ1) is 8.47. The Morgan fingerprint density at radius 3 is 2.56 bits per heavy atom. The van der Waals surface area contributed by atoms with Gasteiger partial charge in [-0.05, 0) is 24.5 Å². The van der Waals surface area contributed by atoms with E-state index in [-0.39, 0.29) is 11.5 Å². The topological polar surface area (TPSA) is 25.2 Å². The van der Waals surface area contributed by atoms with Crippen LogP contribution in [0.25, 0.3) is 10.9 Å². The van der Waals surface area contributed by atoms with Gasteiger partial charge in [0.2, 0.25) is 0 Å². The average Bonchev–Trinajstić information content (AvgIpc) is 2.34. The van der Waals surface area contributed by atoms with Crippen LogP contribution < -0.4 is 0 Å². The van der Waals surface area contributed by atoms with Crippen LogP contribution in [0.15, 0.2) is 41.4 Å². The van der Waals surface area contributed by atoms with E-state index in [0.717, 1.165) is 11.2 Å². The molecule has 0 spiro atoms. The Hall–Kier alpha value is -1.70. The molecule has 2 nitrogen and oxygen atoms in total. The predicted octanol–water partition coefficient (Wildman–Crippen LogP) is 4.09. The number of benzene rings is 1. The van der Waals surface area contributed by atoms with Crippen molar-refractivity contribution in [1.29, 1.82) is 0 Å². The molecule has 1 aromatic heterocycles. The highest BCUT2D eigenvalue weighted by atomic mass is 14.8. The third-order valence-corrected chi connectivity index (χ3v) is 3.30. The zero-order valence-electron chi connectivity index (χ0n) is 11.5. The van der Waals surface area contributed by atoms with Gasteiger partial charge in [0, 0.05) is 11.6 Å². The first-order valence-corrected chi connectivity index (χ1v) is 6.36. The van der Waals surface area contributed by atoms with E-state index in [4.69, 9.17) is 0 Å². The number of aromatic nitrogens is 1. The molecule has 0 bridgehead atoms. The number of aliphatic imine (C=N–C) groups is 1. The predicted molar refractivity (Wildman–Crippen MR) is 78.3 cm³/mol. The van der Waals surface area contributed by atoms with Gasteiger partial charge in [-0.15, -0.1) is 0 Å². The fourth-order valence-electron chi connectivity index (χ4n) is 1.57. The lowest BCUT2D eigenvalue weighted by molar-refractivity contribution is 0.342. The van der Waals surface area contributed by atoms with Crippen LogP contribution in [-0.4, -0.2) is 17.2 Å². The molecule has 0 aliphatic heterocycles. The summed E-state index contributed by atoms with van der Waals surface area (Å²) in [6.07, 6.45) is 1.88. The summed E-state index contributed by atoms with van der Waals surface area (Å²) in [6.45, 7) is 8.73.